The van der Waals surface area contributed by atoms with Gasteiger partial charge in [-0.1, -0.05) is 42.5 Å². The molecule has 0 unspecified atom stereocenters. The number of imidazole rings is 1. The number of likely N-dealkylation sites (tertiary alicyclic amines) is 1. The zero-order valence-electron chi connectivity index (χ0n) is 14.9. The van der Waals surface area contributed by atoms with E-state index in [1.54, 1.807) is 11.1 Å². The van der Waals surface area contributed by atoms with Crippen LogP contribution in [0.1, 0.15) is 25.3 Å². The zero-order valence-corrected chi connectivity index (χ0v) is 15.7. The number of hydrogen-bond acceptors (Lipinski definition) is 4. The molecule has 0 spiro atoms. The third kappa shape index (κ3) is 5.05. The fraction of sp³-hybridized carbons (Fsp3) is 0.421. The standard InChI is InChI=1S/C19H24N4O2S/c1-15(26)21-18-11-20-14-23(18)12-16-7-9-22(10-8-16)19(24)25-13-17-5-3-2-4-6-17/h2-6,11,14,16H,7-10,12-13H2,1H3,(H,21,26). The van der Waals surface area contributed by atoms with Crippen molar-refractivity contribution in [2.24, 2.45) is 5.92 Å². The van der Waals surface area contributed by atoms with Gasteiger partial charge in [0.1, 0.15) is 12.4 Å². The fourth-order valence-electron chi connectivity index (χ4n) is 3.14. The number of hydrogen-bond donors (Lipinski definition) is 1. The van der Waals surface area contributed by atoms with Gasteiger partial charge in [0.05, 0.1) is 17.5 Å². The van der Waals surface area contributed by atoms with Crippen LogP contribution in [0.25, 0.3) is 0 Å². The molecule has 0 bridgehead atoms. The first-order valence-electron chi connectivity index (χ1n) is 8.85. The van der Waals surface area contributed by atoms with Crippen LogP contribution < -0.4 is 5.32 Å². The van der Waals surface area contributed by atoms with Gasteiger partial charge in [0.15, 0.2) is 0 Å². The van der Waals surface area contributed by atoms with Gasteiger partial charge in [0.25, 0.3) is 0 Å². The maximum Gasteiger partial charge on any atom is 0.410 e. The highest BCUT2D eigenvalue weighted by Gasteiger charge is 2.24. The molecule has 1 amide bonds. The SMILES string of the molecule is CC(=S)Nc1cncn1CC1CCN(C(=O)OCc2ccccc2)CC1. The molecule has 1 aromatic carbocycles. The number of aromatic nitrogens is 2. The smallest absolute Gasteiger partial charge is 0.410 e. The van der Waals surface area contributed by atoms with Gasteiger partial charge in [-0.2, -0.15) is 0 Å². The Kier molecular flexibility index (Phi) is 6.22. The van der Waals surface area contributed by atoms with E-state index in [1.165, 1.54) is 0 Å². The van der Waals surface area contributed by atoms with Gasteiger partial charge in [0, 0.05) is 19.6 Å². The van der Waals surface area contributed by atoms with E-state index >= 15 is 0 Å². The Balaban J connectivity index is 1.44. The first-order chi connectivity index (χ1) is 12.6. The van der Waals surface area contributed by atoms with Crippen molar-refractivity contribution in [3.8, 4) is 0 Å². The molecule has 7 heteroatoms. The number of nitrogens with zero attached hydrogens (tertiary/aromatic N) is 3. The third-order valence-electron chi connectivity index (χ3n) is 4.55. The lowest BCUT2D eigenvalue weighted by molar-refractivity contribution is 0.0807. The molecule has 0 saturated carbocycles. The van der Waals surface area contributed by atoms with Gasteiger partial charge in [-0.15, -0.1) is 0 Å². The monoisotopic (exact) mass is 372 g/mol. The van der Waals surface area contributed by atoms with Crippen LogP contribution in [-0.2, 0) is 17.9 Å². The van der Waals surface area contributed by atoms with E-state index in [2.05, 4.69) is 14.9 Å². The average molecular weight is 372 g/mol. The summed E-state index contributed by atoms with van der Waals surface area (Å²) in [6.45, 7) is 4.49. The minimum absolute atomic E-state index is 0.228. The molecule has 1 fully saturated rings. The van der Waals surface area contributed by atoms with Crippen LogP contribution in [0.3, 0.4) is 0 Å². The Labute approximate surface area is 159 Å². The minimum Gasteiger partial charge on any atom is -0.445 e. The van der Waals surface area contributed by atoms with Crippen molar-refractivity contribution in [1.82, 2.24) is 14.5 Å². The molecule has 2 heterocycles. The zero-order chi connectivity index (χ0) is 18.4. The Bertz CT molecular complexity index is 739. The third-order valence-corrected chi connectivity index (χ3v) is 4.65. The molecule has 0 atom stereocenters. The van der Waals surface area contributed by atoms with Crippen molar-refractivity contribution in [3.05, 3.63) is 48.4 Å². The molecule has 1 aliphatic rings. The van der Waals surface area contributed by atoms with Crippen LogP contribution in [0.2, 0.25) is 0 Å². The van der Waals surface area contributed by atoms with Crippen molar-refractivity contribution in [2.75, 3.05) is 18.4 Å². The lowest BCUT2D eigenvalue weighted by Crippen LogP contribution is -2.39. The normalized spacial score (nSPS) is 14.9. The number of carbonyl (C=O) groups excluding carboxylic acids is 1. The second-order valence-corrected chi connectivity index (χ2v) is 7.20. The molecule has 3 rings (SSSR count). The number of benzene rings is 1. The summed E-state index contributed by atoms with van der Waals surface area (Å²) in [4.78, 5) is 19.0. The molecule has 1 aliphatic heterocycles. The summed E-state index contributed by atoms with van der Waals surface area (Å²) in [6.07, 6.45) is 5.28. The minimum atomic E-state index is -0.228. The number of piperidine rings is 1. The van der Waals surface area contributed by atoms with Crippen molar-refractivity contribution >= 4 is 29.1 Å². The molecule has 1 N–H and O–H groups in total. The van der Waals surface area contributed by atoms with Gasteiger partial charge < -0.3 is 19.5 Å². The Morgan fingerprint density at radius 1 is 1.31 bits per heavy atom. The van der Waals surface area contributed by atoms with E-state index in [9.17, 15) is 4.79 Å². The summed E-state index contributed by atoms with van der Waals surface area (Å²) in [5.74, 6) is 1.43. The first-order valence-corrected chi connectivity index (χ1v) is 9.26. The van der Waals surface area contributed by atoms with Crippen LogP contribution in [-0.4, -0.2) is 38.6 Å². The highest BCUT2D eigenvalue weighted by molar-refractivity contribution is 7.80. The predicted octanol–water partition coefficient (Wildman–Crippen LogP) is 3.69. The molecule has 6 nitrogen and oxygen atoms in total. The molecule has 138 valence electrons. The second-order valence-electron chi connectivity index (χ2n) is 6.58. The lowest BCUT2D eigenvalue weighted by Gasteiger charge is -2.31. The molecule has 0 aliphatic carbocycles. The van der Waals surface area contributed by atoms with Crippen LogP contribution in [0, 0.1) is 5.92 Å². The number of anilines is 1. The number of amides is 1. The maximum absolute atomic E-state index is 12.2. The molecule has 1 aromatic heterocycles. The van der Waals surface area contributed by atoms with Crippen molar-refractivity contribution in [1.29, 1.82) is 0 Å². The summed E-state index contributed by atoms with van der Waals surface area (Å²) < 4.78 is 7.51. The number of ether oxygens (including phenoxy) is 1. The van der Waals surface area contributed by atoms with Crippen LogP contribution >= 0.6 is 12.2 Å². The summed E-state index contributed by atoms with van der Waals surface area (Å²) >= 11 is 5.10. The Hall–Kier alpha value is -2.41. The number of nitrogens with one attached hydrogen (secondary N) is 1. The van der Waals surface area contributed by atoms with Crippen molar-refractivity contribution in [2.45, 2.75) is 32.9 Å². The van der Waals surface area contributed by atoms with Crippen LogP contribution in [0.5, 0.6) is 0 Å². The molecule has 2 aromatic rings. The molecular formula is C19H24N4O2S. The van der Waals surface area contributed by atoms with Crippen LogP contribution in [0.15, 0.2) is 42.9 Å². The lowest BCUT2D eigenvalue weighted by atomic mass is 9.97. The van der Waals surface area contributed by atoms with E-state index < -0.39 is 0 Å². The predicted molar refractivity (Wildman–Crippen MR) is 105 cm³/mol. The first kappa shape index (κ1) is 18.4. The molecule has 0 radical (unpaired) electrons. The topological polar surface area (TPSA) is 59.4 Å². The largest absolute Gasteiger partial charge is 0.445 e. The number of carbonyl (C=O) groups is 1. The Morgan fingerprint density at radius 2 is 2.04 bits per heavy atom. The fourth-order valence-corrected chi connectivity index (χ4v) is 3.24. The molecule has 1 saturated heterocycles. The molecule has 26 heavy (non-hydrogen) atoms. The van der Waals surface area contributed by atoms with Crippen molar-refractivity contribution in [3.63, 3.8) is 0 Å². The second kappa shape index (κ2) is 8.80. The van der Waals surface area contributed by atoms with E-state index in [4.69, 9.17) is 17.0 Å². The van der Waals surface area contributed by atoms with E-state index in [-0.39, 0.29) is 6.09 Å². The summed E-state index contributed by atoms with van der Waals surface area (Å²) in [6, 6.07) is 9.75. The summed E-state index contributed by atoms with van der Waals surface area (Å²) in [5, 5.41) is 3.15. The van der Waals surface area contributed by atoms with Gasteiger partial charge in [0.2, 0.25) is 0 Å². The number of thiocarbonyl (C=S) groups is 1. The highest BCUT2D eigenvalue weighted by atomic mass is 32.1. The summed E-state index contributed by atoms with van der Waals surface area (Å²) in [7, 11) is 0. The van der Waals surface area contributed by atoms with E-state index in [0.717, 1.165) is 48.8 Å². The average Bonchev–Trinajstić information content (AvgIpc) is 3.07. The maximum atomic E-state index is 12.2. The highest BCUT2D eigenvalue weighted by Crippen LogP contribution is 2.22. The van der Waals surface area contributed by atoms with Gasteiger partial charge >= 0.3 is 6.09 Å². The Morgan fingerprint density at radius 3 is 2.73 bits per heavy atom. The van der Waals surface area contributed by atoms with Crippen LogP contribution in [0.4, 0.5) is 10.6 Å². The molecular weight excluding hydrogens is 348 g/mol. The van der Waals surface area contributed by atoms with Gasteiger partial charge in [-0.3, -0.25) is 0 Å². The van der Waals surface area contributed by atoms with E-state index in [1.807, 2.05) is 43.6 Å². The quantitative estimate of drug-likeness (QED) is 0.811. The van der Waals surface area contributed by atoms with Gasteiger partial charge in [-0.25, -0.2) is 9.78 Å². The van der Waals surface area contributed by atoms with Crippen molar-refractivity contribution < 1.29 is 9.53 Å². The number of rotatable bonds is 5. The van der Waals surface area contributed by atoms with Gasteiger partial charge in [-0.05, 0) is 31.2 Å². The van der Waals surface area contributed by atoms with E-state index in [0.29, 0.717) is 12.5 Å². The summed E-state index contributed by atoms with van der Waals surface area (Å²) in [5.41, 5.74) is 1.00.